The summed E-state index contributed by atoms with van der Waals surface area (Å²) in [5.74, 6) is 1.48. The van der Waals surface area contributed by atoms with E-state index in [9.17, 15) is 0 Å². The highest BCUT2D eigenvalue weighted by Crippen LogP contribution is 2.30. The summed E-state index contributed by atoms with van der Waals surface area (Å²) in [7, 11) is 1.61. The van der Waals surface area contributed by atoms with Gasteiger partial charge in [0.15, 0.2) is 5.69 Å². The van der Waals surface area contributed by atoms with Gasteiger partial charge in [0.25, 0.3) is 5.89 Å². The predicted octanol–water partition coefficient (Wildman–Crippen LogP) is 3.15. The number of ether oxygens (including phenoxy) is 1. The summed E-state index contributed by atoms with van der Waals surface area (Å²) in [5.41, 5.74) is 7.61. The van der Waals surface area contributed by atoms with Gasteiger partial charge in [-0.1, -0.05) is 5.16 Å². The third-order valence-electron chi connectivity index (χ3n) is 2.88. The average Bonchev–Trinajstić information content (AvgIpc) is 2.97. The number of hydrogen-bond acceptors (Lipinski definition) is 6. The zero-order valence-electron chi connectivity index (χ0n) is 11.1. The number of benzene rings is 1. The van der Waals surface area contributed by atoms with Crippen molar-refractivity contribution in [1.82, 2.24) is 15.1 Å². The first-order valence-electron chi connectivity index (χ1n) is 6.07. The topological polar surface area (TPSA) is 87.1 Å². The van der Waals surface area contributed by atoms with Crippen LogP contribution in [0.15, 0.2) is 45.5 Å². The van der Waals surface area contributed by atoms with Crippen molar-refractivity contribution in [2.24, 2.45) is 0 Å². The van der Waals surface area contributed by atoms with Crippen molar-refractivity contribution >= 4 is 21.6 Å². The Labute approximate surface area is 129 Å². The molecule has 0 bridgehead atoms. The van der Waals surface area contributed by atoms with Gasteiger partial charge in [-0.05, 0) is 46.3 Å². The Morgan fingerprint density at radius 2 is 2.14 bits per heavy atom. The number of aromatic nitrogens is 3. The molecule has 0 aliphatic rings. The van der Waals surface area contributed by atoms with Crippen molar-refractivity contribution in [1.29, 1.82) is 0 Å². The van der Waals surface area contributed by atoms with Crippen LogP contribution in [0.1, 0.15) is 0 Å². The minimum atomic E-state index is 0.287. The third kappa shape index (κ3) is 2.59. The predicted molar refractivity (Wildman–Crippen MR) is 81.6 cm³/mol. The van der Waals surface area contributed by atoms with Gasteiger partial charge in [-0.25, -0.2) is 4.98 Å². The number of methoxy groups -OCH3 is 1. The van der Waals surface area contributed by atoms with Crippen LogP contribution in [0.2, 0.25) is 0 Å². The van der Waals surface area contributed by atoms with E-state index in [1.165, 1.54) is 0 Å². The average molecular weight is 347 g/mol. The molecule has 6 nitrogen and oxygen atoms in total. The van der Waals surface area contributed by atoms with Crippen LogP contribution in [0.3, 0.4) is 0 Å². The highest BCUT2D eigenvalue weighted by Gasteiger charge is 2.14. The molecule has 0 radical (unpaired) electrons. The van der Waals surface area contributed by atoms with E-state index in [-0.39, 0.29) is 5.89 Å². The molecule has 2 heterocycles. The molecule has 0 saturated heterocycles. The van der Waals surface area contributed by atoms with Gasteiger partial charge in [-0.3, -0.25) is 0 Å². The second kappa shape index (κ2) is 5.53. The maximum Gasteiger partial charge on any atom is 0.278 e. The Hall–Kier alpha value is -2.41. The lowest BCUT2D eigenvalue weighted by molar-refractivity contribution is 0.412. The second-order valence-corrected chi connectivity index (χ2v) is 5.07. The number of nitrogens with zero attached hydrogens (tertiary/aromatic N) is 3. The van der Waals surface area contributed by atoms with Crippen molar-refractivity contribution in [3.05, 3.63) is 41.0 Å². The van der Waals surface area contributed by atoms with E-state index in [2.05, 4.69) is 31.1 Å². The summed E-state index contributed by atoms with van der Waals surface area (Å²) < 4.78 is 11.2. The quantitative estimate of drug-likeness (QED) is 0.783. The van der Waals surface area contributed by atoms with Crippen molar-refractivity contribution in [3.63, 3.8) is 0 Å². The Morgan fingerprint density at radius 3 is 2.86 bits per heavy atom. The first kappa shape index (κ1) is 13.6. The van der Waals surface area contributed by atoms with E-state index in [4.69, 9.17) is 15.0 Å². The van der Waals surface area contributed by atoms with Crippen molar-refractivity contribution < 1.29 is 9.26 Å². The monoisotopic (exact) mass is 346 g/mol. The molecular weight excluding hydrogens is 336 g/mol. The number of rotatable bonds is 3. The van der Waals surface area contributed by atoms with Crippen LogP contribution in [0, 0.1) is 0 Å². The van der Waals surface area contributed by atoms with E-state index in [0.717, 1.165) is 15.8 Å². The fourth-order valence-electron chi connectivity index (χ4n) is 1.84. The molecule has 2 aromatic heterocycles. The number of nitrogens with two attached hydrogens (primary N) is 1. The molecule has 0 spiro atoms. The zero-order valence-corrected chi connectivity index (χ0v) is 12.7. The molecule has 0 aliphatic heterocycles. The van der Waals surface area contributed by atoms with Crippen LogP contribution in [0.4, 0.5) is 5.69 Å². The third-order valence-corrected chi connectivity index (χ3v) is 3.50. The number of nitrogen functional groups attached to an aromatic ring is 1. The van der Waals surface area contributed by atoms with Crippen LogP contribution in [-0.2, 0) is 0 Å². The van der Waals surface area contributed by atoms with Gasteiger partial charge < -0.3 is 15.0 Å². The van der Waals surface area contributed by atoms with Gasteiger partial charge >= 0.3 is 0 Å². The molecule has 7 heteroatoms. The SMILES string of the molecule is COc1ccc(-c2noc(-c3ncccc3N)n2)cc1Br. The van der Waals surface area contributed by atoms with Gasteiger partial charge in [-0.15, -0.1) is 0 Å². The van der Waals surface area contributed by atoms with E-state index in [1.54, 1.807) is 25.4 Å². The van der Waals surface area contributed by atoms with Crippen molar-refractivity contribution in [2.45, 2.75) is 0 Å². The van der Waals surface area contributed by atoms with Crippen LogP contribution in [0.25, 0.3) is 23.0 Å². The minimum Gasteiger partial charge on any atom is -0.496 e. The molecule has 3 aromatic rings. The number of hydrogen-bond donors (Lipinski definition) is 1. The fraction of sp³-hybridized carbons (Fsp3) is 0.0714. The molecule has 1 aromatic carbocycles. The van der Waals surface area contributed by atoms with Crippen LogP contribution in [0.5, 0.6) is 5.75 Å². The van der Waals surface area contributed by atoms with Gasteiger partial charge in [-0.2, -0.15) is 4.98 Å². The number of halogens is 1. The van der Waals surface area contributed by atoms with Crippen LogP contribution < -0.4 is 10.5 Å². The highest BCUT2D eigenvalue weighted by atomic mass is 79.9. The Morgan fingerprint density at radius 1 is 1.29 bits per heavy atom. The molecule has 106 valence electrons. The molecule has 0 fully saturated rings. The molecule has 3 rings (SSSR count). The lowest BCUT2D eigenvalue weighted by Gasteiger charge is -2.03. The van der Waals surface area contributed by atoms with E-state index < -0.39 is 0 Å². The van der Waals surface area contributed by atoms with E-state index in [1.807, 2.05) is 18.2 Å². The summed E-state index contributed by atoms with van der Waals surface area (Å²) in [6, 6.07) is 9.01. The first-order chi connectivity index (χ1) is 10.2. The maximum absolute atomic E-state index is 5.85. The molecule has 0 atom stereocenters. The smallest absolute Gasteiger partial charge is 0.278 e. The maximum atomic E-state index is 5.85. The zero-order chi connectivity index (χ0) is 14.8. The van der Waals surface area contributed by atoms with E-state index >= 15 is 0 Å². The second-order valence-electron chi connectivity index (χ2n) is 4.21. The number of pyridine rings is 1. The molecule has 21 heavy (non-hydrogen) atoms. The summed E-state index contributed by atoms with van der Waals surface area (Å²) in [4.78, 5) is 8.48. The summed E-state index contributed by atoms with van der Waals surface area (Å²) >= 11 is 3.42. The lowest BCUT2D eigenvalue weighted by Crippen LogP contribution is -1.92. The standard InChI is InChI=1S/C14H11BrN4O2/c1-20-11-5-4-8(7-9(11)15)13-18-14(21-19-13)12-10(16)3-2-6-17-12/h2-7H,16H2,1H3. The molecule has 0 saturated carbocycles. The normalized spacial score (nSPS) is 10.6. The highest BCUT2D eigenvalue weighted by molar-refractivity contribution is 9.10. The summed E-state index contributed by atoms with van der Waals surface area (Å²) in [5, 5.41) is 3.96. The Bertz CT molecular complexity index is 788. The fourth-order valence-corrected chi connectivity index (χ4v) is 2.38. The lowest BCUT2D eigenvalue weighted by atomic mass is 10.2. The molecular formula is C14H11BrN4O2. The van der Waals surface area contributed by atoms with Crippen LogP contribution >= 0.6 is 15.9 Å². The molecule has 0 amide bonds. The molecule has 2 N–H and O–H groups in total. The number of anilines is 1. The molecule has 0 aliphatic carbocycles. The Balaban J connectivity index is 1.99. The first-order valence-corrected chi connectivity index (χ1v) is 6.87. The summed E-state index contributed by atoms with van der Waals surface area (Å²) in [6.07, 6.45) is 1.62. The van der Waals surface area contributed by atoms with Gasteiger partial charge in [0.2, 0.25) is 5.82 Å². The summed E-state index contributed by atoms with van der Waals surface area (Å²) in [6.45, 7) is 0. The minimum absolute atomic E-state index is 0.287. The van der Waals surface area contributed by atoms with Gasteiger partial charge in [0.1, 0.15) is 5.75 Å². The molecule has 0 unspecified atom stereocenters. The van der Waals surface area contributed by atoms with Gasteiger partial charge in [0, 0.05) is 11.8 Å². The largest absolute Gasteiger partial charge is 0.496 e. The van der Waals surface area contributed by atoms with Crippen molar-refractivity contribution in [2.75, 3.05) is 12.8 Å². The van der Waals surface area contributed by atoms with Gasteiger partial charge in [0.05, 0.1) is 17.3 Å². The van der Waals surface area contributed by atoms with Crippen LogP contribution in [-0.4, -0.2) is 22.2 Å². The van der Waals surface area contributed by atoms with Crippen molar-refractivity contribution in [3.8, 4) is 28.7 Å². The Kier molecular flexibility index (Phi) is 3.57. The van der Waals surface area contributed by atoms with E-state index in [0.29, 0.717) is 17.2 Å².